The van der Waals surface area contributed by atoms with Crippen molar-refractivity contribution in [3.63, 3.8) is 0 Å². The molecule has 2 aromatic rings. The minimum atomic E-state index is -0.928. The fraction of sp³-hybridized carbons (Fsp3) is 0.286. The molecular weight excluding hydrogens is 330 g/mol. The number of Topliss-reactive ketones (excluding diaryl/α,β-unsaturated/α-hetero) is 1. The van der Waals surface area contributed by atoms with Crippen molar-refractivity contribution < 1.29 is 19.1 Å². The molecule has 0 saturated heterocycles. The Morgan fingerprint density at radius 2 is 1.62 bits per heavy atom. The smallest absolute Gasteiger partial charge is 0.338 e. The van der Waals surface area contributed by atoms with E-state index in [4.69, 9.17) is 4.74 Å². The lowest BCUT2D eigenvalue weighted by Gasteiger charge is -2.14. The number of ketones is 1. The van der Waals surface area contributed by atoms with Crippen molar-refractivity contribution in [3.05, 3.63) is 64.7 Å². The Hall–Kier alpha value is -2.95. The number of amides is 1. The number of nitrogens with one attached hydrogen (secondary N) is 1. The first-order valence-electron chi connectivity index (χ1n) is 8.68. The van der Waals surface area contributed by atoms with Gasteiger partial charge in [-0.25, -0.2) is 4.79 Å². The van der Waals surface area contributed by atoms with Gasteiger partial charge in [-0.1, -0.05) is 6.07 Å². The molecule has 0 spiro atoms. The summed E-state index contributed by atoms with van der Waals surface area (Å²) in [6.07, 6.45) is 2.20. The average molecular weight is 351 g/mol. The van der Waals surface area contributed by atoms with E-state index in [-0.39, 0.29) is 5.78 Å². The highest BCUT2D eigenvalue weighted by atomic mass is 16.5. The lowest BCUT2D eigenvalue weighted by molar-refractivity contribution is -0.123. The maximum absolute atomic E-state index is 12.3. The van der Waals surface area contributed by atoms with Gasteiger partial charge >= 0.3 is 5.97 Å². The summed E-state index contributed by atoms with van der Waals surface area (Å²) >= 11 is 0. The van der Waals surface area contributed by atoms with E-state index in [1.54, 1.807) is 30.3 Å². The molecule has 0 heterocycles. The molecule has 0 fully saturated rings. The largest absolute Gasteiger partial charge is 0.449 e. The molecule has 0 aliphatic heterocycles. The summed E-state index contributed by atoms with van der Waals surface area (Å²) < 4.78 is 5.29. The van der Waals surface area contributed by atoms with Gasteiger partial charge < -0.3 is 10.1 Å². The maximum Gasteiger partial charge on any atom is 0.338 e. The van der Waals surface area contributed by atoms with Crippen LogP contribution in [0.4, 0.5) is 5.69 Å². The molecule has 2 aromatic carbocycles. The topological polar surface area (TPSA) is 72.5 Å². The Morgan fingerprint density at radius 3 is 2.31 bits per heavy atom. The van der Waals surface area contributed by atoms with Crippen molar-refractivity contribution in [2.45, 2.75) is 39.2 Å². The quantitative estimate of drug-likeness (QED) is 0.660. The molecule has 1 amide bonds. The second-order valence-corrected chi connectivity index (χ2v) is 6.51. The summed E-state index contributed by atoms with van der Waals surface area (Å²) in [5.74, 6) is -0.969. The highest BCUT2D eigenvalue weighted by Gasteiger charge is 2.20. The third-order valence-corrected chi connectivity index (χ3v) is 4.55. The van der Waals surface area contributed by atoms with Crippen LogP contribution in [-0.2, 0) is 22.4 Å². The van der Waals surface area contributed by atoms with Crippen LogP contribution in [0.25, 0.3) is 0 Å². The van der Waals surface area contributed by atoms with Gasteiger partial charge in [0.15, 0.2) is 11.9 Å². The molecule has 5 nitrogen and oxygen atoms in total. The molecule has 3 rings (SSSR count). The van der Waals surface area contributed by atoms with E-state index in [2.05, 4.69) is 5.32 Å². The Bertz CT molecular complexity index is 855. The maximum atomic E-state index is 12.3. The summed E-state index contributed by atoms with van der Waals surface area (Å²) in [5.41, 5.74) is 4.04. The van der Waals surface area contributed by atoms with Crippen molar-refractivity contribution in [1.82, 2.24) is 0 Å². The second-order valence-electron chi connectivity index (χ2n) is 6.51. The average Bonchev–Trinajstić information content (AvgIpc) is 3.09. The van der Waals surface area contributed by atoms with Gasteiger partial charge in [-0.05, 0) is 80.6 Å². The van der Waals surface area contributed by atoms with Gasteiger partial charge in [0.2, 0.25) is 0 Å². The number of anilines is 1. The van der Waals surface area contributed by atoms with Crippen LogP contribution < -0.4 is 5.32 Å². The van der Waals surface area contributed by atoms with Gasteiger partial charge in [0, 0.05) is 11.3 Å². The van der Waals surface area contributed by atoms with Crippen LogP contribution in [0.15, 0.2) is 42.5 Å². The fourth-order valence-corrected chi connectivity index (χ4v) is 3.01. The zero-order valence-corrected chi connectivity index (χ0v) is 14.9. The van der Waals surface area contributed by atoms with Crippen LogP contribution in [0.1, 0.15) is 52.1 Å². The summed E-state index contributed by atoms with van der Waals surface area (Å²) in [7, 11) is 0. The lowest BCUT2D eigenvalue weighted by Crippen LogP contribution is -2.30. The standard InChI is InChI=1S/C21H21NO4/c1-13(23)15-8-10-19(11-9-15)22-20(24)14(2)26-21(25)18-7-6-16-4-3-5-17(16)12-18/h6-12,14H,3-5H2,1-2H3,(H,22,24)/t14-/m0/s1. The zero-order valence-electron chi connectivity index (χ0n) is 14.9. The van der Waals surface area contributed by atoms with Crippen molar-refractivity contribution in [3.8, 4) is 0 Å². The minimum absolute atomic E-state index is 0.0421. The van der Waals surface area contributed by atoms with E-state index < -0.39 is 18.0 Å². The van der Waals surface area contributed by atoms with Crippen LogP contribution in [0, 0.1) is 0 Å². The third kappa shape index (κ3) is 3.99. The number of carbonyl (C=O) groups is 3. The Kier molecular flexibility index (Phi) is 5.16. The van der Waals surface area contributed by atoms with Crippen LogP contribution in [0.5, 0.6) is 0 Å². The molecule has 0 aromatic heterocycles. The molecule has 134 valence electrons. The number of hydrogen-bond donors (Lipinski definition) is 1. The second kappa shape index (κ2) is 7.52. The number of aryl methyl sites for hydroxylation is 2. The normalized spacial score (nSPS) is 13.6. The fourth-order valence-electron chi connectivity index (χ4n) is 3.01. The Morgan fingerprint density at radius 1 is 0.962 bits per heavy atom. The van der Waals surface area contributed by atoms with Crippen LogP contribution >= 0.6 is 0 Å². The first-order valence-corrected chi connectivity index (χ1v) is 8.68. The first-order chi connectivity index (χ1) is 12.4. The van der Waals surface area contributed by atoms with Gasteiger partial charge in [-0.3, -0.25) is 9.59 Å². The predicted molar refractivity (Wildman–Crippen MR) is 98.4 cm³/mol. The van der Waals surface area contributed by atoms with Gasteiger partial charge in [0.05, 0.1) is 5.56 Å². The number of benzene rings is 2. The van der Waals surface area contributed by atoms with Gasteiger partial charge in [-0.15, -0.1) is 0 Å². The van der Waals surface area contributed by atoms with E-state index in [1.165, 1.54) is 25.0 Å². The van der Waals surface area contributed by atoms with Crippen molar-refractivity contribution >= 4 is 23.3 Å². The molecular formula is C21H21NO4. The molecule has 5 heteroatoms. The first kappa shape index (κ1) is 17.9. The summed E-state index contributed by atoms with van der Waals surface area (Å²) in [6, 6.07) is 12.1. The molecule has 1 aliphatic carbocycles. The van der Waals surface area contributed by atoms with E-state index in [9.17, 15) is 14.4 Å². The van der Waals surface area contributed by atoms with Crippen molar-refractivity contribution in [2.75, 3.05) is 5.32 Å². The molecule has 0 bridgehead atoms. The van der Waals surface area contributed by atoms with Crippen LogP contribution in [-0.4, -0.2) is 23.8 Å². The molecule has 0 radical (unpaired) electrons. The molecule has 0 unspecified atom stereocenters. The minimum Gasteiger partial charge on any atom is -0.449 e. The SMILES string of the molecule is CC(=O)c1ccc(NC(=O)[C@H](C)OC(=O)c2ccc3c(c2)CCC3)cc1. The number of rotatable bonds is 5. The van der Waals surface area contributed by atoms with E-state index in [1.807, 2.05) is 12.1 Å². The summed E-state index contributed by atoms with van der Waals surface area (Å²) in [6.45, 7) is 3.01. The van der Waals surface area contributed by atoms with Gasteiger partial charge in [0.25, 0.3) is 5.91 Å². The number of hydrogen-bond acceptors (Lipinski definition) is 4. The molecule has 1 N–H and O–H groups in total. The van der Waals surface area contributed by atoms with E-state index >= 15 is 0 Å². The molecule has 0 saturated carbocycles. The highest BCUT2D eigenvalue weighted by molar-refractivity contribution is 5.98. The number of carbonyl (C=O) groups excluding carboxylic acids is 3. The highest BCUT2D eigenvalue weighted by Crippen LogP contribution is 2.23. The van der Waals surface area contributed by atoms with Crippen molar-refractivity contribution in [2.24, 2.45) is 0 Å². The molecule has 1 atom stereocenters. The monoisotopic (exact) mass is 351 g/mol. The predicted octanol–water partition coefficient (Wildman–Crippen LogP) is 3.56. The number of ether oxygens (including phenoxy) is 1. The Balaban J connectivity index is 1.60. The lowest BCUT2D eigenvalue weighted by atomic mass is 10.1. The van der Waals surface area contributed by atoms with E-state index in [0.717, 1.165) is 19.3 Å². The number of fused-ring (bicyclic) bond motifs is 1. The summed E-state index contributed by atoms with van der Waals surface area (Å²) in [4.78, 5) is 35.8. The summed E-state index contributed by atoms with van der Waals surface area (Å²) in [5, 5.41) is 2.68. The molecule has 1 aliphatic rings. The molecule has 26 heavy (non-hydrogen) atoms. The van der Waals surface area contributed by atoms with Crippen LogP contribution in [0.2, 0.25) is 0 Å². The van der Waals surface area contributed by atoms with Crippen molar-refractivity contribution in [1.29, 1.82) is 0 Å². The Labute approximate surface area is 152 Å². The van der Waals surface area contributed by atoms with E-state index in [0.29, 0.717) is 16.8 Å². The third-order valence-electron chi connectivity index (χ3n) is 4.55. The number of esters is 1. The van der Waals surface area contributed by atoms with Crippen LogP contribution in [0.3, 0.4) is 0 Å². The van der Waals surface area contributed by atoms with Gasteiger partial charge in [-0.2, -0.15) is 0 Å². The van der Waals surface area contributed by atoms with Gasteiger partial charge in [0.1, 0.15) is 0 Å². The zero-order chi connectivity index (χ0) is 18.7.